The van der Waals surface area contributed by atoms with Gasteiger partial charge >= 0.3 is 0 Å². The molecule has 156 valence electrons. The van der Waals surface area contributed by atoms with Gasteiger partial charge in [0, 0.05) is 30.8 Å². The van der Waals surface area contributed by atoms with E-state index in [4.69, 9.17) is 0 Å². The van der Waals surface area contributed by atoms with Crippen LogP contribution < -0.4 is 10.6 Å². The number of carbonyl (C=O) groups is 2. The van der Waals surface area contributed by atoms with E-state index in [-0.39, 0.29) is 30.1 Å². The van der Waals surface area contributed by atoms with Crippen LogP contribution in [0.3, 0.4) is 0 Å². The number of benzene rings is 2. The monoisotopic (exact) mass is 408 g/mol. The number of hydrogen-bond acceptors (Lipinski definition) is 3. The number of rotatable bonds is 7. The fourth-order valence-corrected chi connectivity index (χ4v) is 3.15. The number of hydrogen-bond donors (Lipinski definition) is 2. The summed E-state index contributed by atoms with van der Waals surface area (Å²) in [5.41, 5.74) is 3.05. The third-order valence-electron chi connectivity index (χ3n) is 4.69. The van der Waals surface area contributed by atoms with Gasteiger partial charge in [-0.25, -0.2) is 9.07 Å². The van der Waals surface area contributed by atoms with Crippen LogP contribution in [0.2, 0.25) is 0 Å². The Morgan fingerprint density at radius 2 is 1.73 bits per heavy atom. The van der Waals surface area contributed by atoms with Gasteiger partial charge in [-0.1, -0.05) is 32.0 Å². The Hall–Kier alpha value is -3.48. The number of aromatic nitrogens is 2. The van der Waals surface area contributed by atoms with E-state index in [2.05, 4.69) is 15.7 Å². The first-order valence-electron chi connectivity index (χ1n) is 9.80. The second-order valence-corrected chi connectivity index (χ2v) is 7.43. The summed E-state index contributed by atoms with van der Waals surface area (Å²) in [4.78, 5) is 24.1. The lowest BCUT2D eigenvalue weighted by Gasteiger charge is -2.20. The Morgan fingerprint density at radius 3 is 2.33 bits per heavy atom. The van der Waals surface area contributed by atoms with Crippen molar-refractivity contribution in [2.75, 3.05) is 0 Å². The zero-order valence-corrected chi connectivity index (χ0v) is 17.2. The third-order valence-corrected chi connectivity index (χ3v) is 4.69. The second kappa shape index (κ2) is 9.35. The summed E-state index contributed by atoms with van der Waals surface area (Å²) in [6.07, 6.45) is 1.84. The molecule has 3 rings (SSSR count). The van der Waals surface area contributed by atoms with Gasteiger partial charge in [0.1, 0.15) is 11.9 Å². The van der Waals surface area contributed by atoms with Gasteiger partial charge < -0.3 is 10.6 Å². The number of nitrogens with zero attached hydrogens (tertiary/aromatic N) is 2. The molecule has 0 spiro atoms. The van der Waals surface area contributed by atoms with Crippen LogP contribution in [0.4, 0.5) is 4.39 Å². The number of para-hydroxylation sites is 1. The van der Waals surface area contributed by atoms with Gasteiger partial charge in [0.2, 0.25) is 11.8 Å². The molecule has 1 aromatic heterocycles. The van der Waals surface area contributed by atoms with Crippen LogP contribution in [-0.2, 0) is 16.1 Å². The van der Waals surface area contributed by atoms with Crippen molar-refractivity contribution in [1.82, 2.24) is 20.4 Å². The molecule has 6 nitrogen and oxygen atoms in total. The molecular formula is C23H25FN4O2. The SMILES string of the molecule is CC(=O)N[C@@H](C(=O)NCc1cn(-c2ccccc2)nc1-c1ccc(F)cc1)C(C)C. The molecule has 0 saturated carbocycles. The summed E-state index contributed by atoms with van der Waals surface area (Å²) in [5.74, 6) is -0.908. The molecule has 1 atom stereocenters. The van der Waals surface area contributed by atoms with Crippen LogP contribution in [0, 0.1) is 11.7 Å². The van der Waals surface area contributed by atoms with E-state index in [0.717, 1.165) is 16.8 Å². The molecule has 0 unspecified atom stereocenters. The van der Waals surface area contributed by atoms with Crippen LogP contribution in [-0.4, -0.2) is 27.6 Å². The van der Waals surface area contributed by atoms with Gasteiger partial charge in [-0.3, -0.25) is 9.59 Å². The van der Waals surface area contributed by atoms with Crippen molar-refractivity contribution < 1.29 is 14.0 Å². The number of amides is 2. The highest BCUT2D eigenvalue weighted by Crippen LogP contribution is 2.24. The quantitative estimate of drug-likeness (QED) is 0.629. The van der Waals surface area contributed by atoms with Crippen LogP contribution in [0.15, 0.2) is 60.8 Å². The third kappa shape index (κ3) is 5.11. The topological polar surface area (TPSA) is 76.0 Å². The fourth-order valence-electron chi connectivity index (χ4n) is 3.15. The predicted molar refractivity (Wildman–Crippen MR) is 113 cm³/mol. The molecule has 1 heterocycles. The highest BCUT2D eigenvalue weighted by Gasteiger charge is 2.23. The Labute approximate surface area is 175 Å². The van der Waals surface area contributed by atoms with Gasteiger partial charge in [0.05, 0.1) is 11.4 Å². The normalized spacial score (nSPS) is 11.9. The molecule has 2 amide bonds. The van der Waals surface area contributed by atoms with Gasteiger partial charge in [0.25, 0.3) is 0 Å². The Kier molecular flexibility index (Phi) is 6.61. The predicted octanol–water partition coefficient (Wildman–Crippen LogP) is 3.46. The van der Waals surface area contributed by atoms with E-state index in [1.54, 1.807) is 16.8 Å². The van der Waals surface area contributed by atoms with Crippen molar-refractivity contribution in [3.8, 4) is 16.9 Å². The van der Waals surface area contributed by atoms with E-state index in [1.165, 1.54) is 19.1 Å². The lowest BCUT2D eigenvalue weighted by Crippen LogP contribution is -2.48. The summed E-state index contributed by atoms with van der Waals surface area (Å²) >= 11 is 0. The Bertz CT molecular complexity index is 1010. The zero-order valence-electron chi connectivity index (χ0n) is 17.2. The van der Waals surface area contributed by atoms with Gasteiger partial charge in [0.15, 0.2) is 0 Å². The van der Waals surface area contributed by atoms with Crippen molar-refractivity contribution in [2.45, 2.75) is 33.4 Å². The zero-order chi connectivity index (χ0) is 21.7. The molecule has 2 aromatic carbocycles. The largest absolute Gasteiger partial charge is 0.350 e. The highest BCUT2D eigenvalue weighted by molar-refractivity contribution is 5.87. The van der Waals surface area contributed by atoms with Crippen molar-refractivity contribution in [2.24, 2.45) is 5.92 Å². The minimum atomic E-state index is -0.624. The lowest BCUT2D eigenvalue weighted by molar-refractivity contribution is -0.129. The Balaban J connectivity index is 1.88. The maximum absolute atomic E-state index is 13.4. The molecule has 0 saturated heterocycles. The molecule has 3 aromatic rings. The average Bonchev–Trinajstić information content (AvgIpc) is 3.15. The molecular weight excluding hydrogens is 383 g/mol. The van der Waals surface area contributed by atoms with Crippen molar-refractivity contribution in [3.63, 3.8) is 0 Å². The average molecular weight is 408 g/mol. The van der Waals surface area contributed by atoms with Gasteiger partial charge in [-0.2, -0.15) is 5.10 Å². The van der Waals surface area contributed by atoms with E-state index >= 15 is 0 Å². The van der Waals surface area contributed by atoms with Crippen molar-refractivity contribution >= 4 is 11.8 Å². The molecule has 0 aliphatic heterocycles. The Morgan fingerprint density at radius 1 is 1.07 bits per heavy atom. The second-order valence-electron chi connectivity index (χ2n) is 7.43. The van der Waals surface area contributed by atoms with Crippen LogP contribution in [0.1, 0.15) is 26.3 Å². The summed E-state index contributed by atoms with van der Waals surface area (Å²) in [6.45, 7) is 5.36. The van der Waals surface area contributed by atoms with Gasteiger partial charge in [-0.05, 0) is 42.3 Å². The maximum Gasteiger partial charge on any atom is 0.243 e. The lowest BCUT2D eigenvalue weighted by atomic mass is 10.0. The van der Waals surface area contributed by atoms with E-state index in [9.17, 15) is 14.0 Å². The first-order valence-corrected chi connectivity index (χ1v) is 9.80. The fraction of sp³-hybridized carbons (Fsp3) is 0.261. The molecule has 0 fully saturated rings. The van der Waals surface area contributed by atoms with Crippen LogP contribution >= 0.6 is 0 Å². The number of nitrogens with one attached hydrogen (secondary N) is 2. The molecule has 0 bridgehead atoms. The number of carbonyl (C=O) groups excluding carboxylic acids is 2. The van der Waals surface area contributed by atoms with Gasteiger partial charge in [-0.15, -0.1) is 0 Å². The summed E-state index contributed by atoms with van der Waals surface area (Å²) in [5, 5.41) is 10.2. The molecule has 0 aliphatic rings. The summed E-state index contributed by atoms with van der Waals surface area (Å²) in [7, 11) is 0. The first kappa shape index (κ1) is 21.2. The molecule has 0 aliphatic carbocycles. The maximum atomic E-state index is 13.4. The van der Waals surface area contributed by atoms with Crippen LogP contribution in [0.5, 0.6) is 0 Å². The highest BCUT2D eigenvalue weighted by atomic mass is 19.1. The van der Waals surface area contributed by atoms with Crippen molar-refractivity contribution in [1.29, 1.82) is 0 Å². The van der Waals surface area contributed by atoms with Crippen LogP contribution in [0.25, 0.3) is 16.9 Å². The summed E-state index contributed by atoms with van der Waals surface area (Å²) < 4.78 is 15.1. The minimum absolute atomic E-state index is 0.0579. The first-order chi connectivity index (χ1) is 14.3. The number of halogens is 1. The minimum Gasteiger partial charge on any atom is -0.350 e. The molecule has 7 heteroatoms. The standard InChI is InChI=1S/C23H25FN4O2/c1-15(2)21(26-16(3)29)23(30)25-13-18-14-28(20-7-5-4-6-8-20)27-22(18)17-9-11-19(24)12-10-17/h4-12,14-15,21H,13H2,1-3H3,(H,25,30)(H,26,29)/t21-/m1/s1. The van der Waals surface area contributed by atoms with Crippen molar-refractivity contribution in [3.05, 3.63) is 72.2 Å². The summed E-state index contributed by atoms with van der Waals surface area (Å²) in [6, 6.07) is 15.1. The smallest absolute Gasteiger partial charge is 0.243 e. The van der Waals surface area contributed by atoms with E-state index < -0.39 is 6.04 Å². The van der Waals surface area contributed by atoms with E-state index in [1.807, 2.05) is 50.4 Å². The molecule has 2 N–H and O–H groups in total. The molecule has 0 radical (unpaired) electrons. The van der Waals surface area contributed by atoms with E-state index in [0.29, 0.717) is 5.69 Å². The molecule has 30 heavy (non-hydrogen) atoms.